The van der Waals surface area contributed by atoms with E-state index in [2.05, 4.69) is 15.4 Å². The van der Waals surface area contributed by atoms with Crippen LogP contribution in [0.5, 0.6) is 0 Å². The predicted octanol–water partition coefficient (Wildman–Crippen LogP) is 1.49. The van der Waals surface area contributed by atoms with Crippen LogP contribution in [-0.2, 0) is 24.9 Å². The molecule has 0 radical (unpaired) electrons. The van der Waals surface area contributed by atoms with Gasteiger partial charge in [-0.2, -0.15) is 5.10 Å². The van der Waals surface area contributed by atoms with E-state index in [1.807, 2.05) is 12.1 Å². The first kappa shape index (κ1) is 16.2. The van der Waals surface area contributed by atoms with E-state index in [4.69, 9.17) is 11.6 Å². The Morgan fingerprint density at radius 1 is 1.38 bits per heavy atom. The Morgan fingerprint density at radius 2 is 2.21 bits per heavy atom. The van der Waals surface area contributed by atoms with E-state index in [9.17, 15) is 9.59 Å². The maximum absolute atomic E-state index is 12.3. The van der Waals surface area contributed by atoms with Gasteiger partial charge in [-0.25, -0.2) is 4.98 Å². The highest BCUT2D eigenvalue weighted by Crippen LogP contribution is 2.10. The number of hydrogen-bond acceptors (Lipinski definition) is 4. The molecule has 24 heavy (non-hydrogen) atoms. The molecule has 0 aliphatic heterocycles. The van der Waals surface area contributed by atoms with Crippen molar-refractivity contribution in [3.63, 3.8) is 0 Å². The molecule has 0 saturated heterocycles. The van der Waals surface area contributed by atoms with Gasteiger partial charge < -0.3 is 5.32 Å². The number of hydrogen-bond donors (Lipinski definition) is 1. The first-order chi connectivity index (χ1) is 11.5. The van der Waals surface area contributed by atoms with Crippen LogP contribution < -0.4 is 10.9 Å². The molecule has 8 heteroatoms. The molecule has 7 nitrogen and oxygen atoms in total. The highest BCUT2D eigenvalue weighted by molar-refractivity contribution is 6.30. The number of fused-ring (bicyclic) bond motifs is 1. The molecule has 2 aromatic heterocycles. The van der Waals surface area contributed by atoms with E-state index in [1.54, 1.807) is 23.9 Å². The van der Waals surface area contributed by atoms with Crippen molar-refractivity contribution in [2.45, 2.75) is 19.5 Å². The molecule has 0 atom stereocenters. The fourth-order valence-electron chi connectivity index (χ4n) is 2.38. The van der Waals surface area contributed by atoms with E-state index in [-0.39, 0.29) is 24.4 Å². The largest absolute Gasteiger partial charge is 0.352 e. The first-order valence-corrected chi connectivity index (χ1v) is 7.80. The molecule has 0 spiro atoms. The zero-order chi connectivity index (χ0) is 17.1. The number of aromatic nitrogens is 4. The molecule has 1 amide bonds. The molecular formula is C16H16ClN5O2. The van der Waals surface area contributed by atoms with E-state index in [0.29, 0.717) is 22.6 Å². The van der Waals surface area contributed by atoms with Crippen molar-refractivity contribution in [3.8, 4) is 0 Å². The van der Waals surface area contributed by atoms with Gasteiger partial charge in [-0.3, -0.25) is 18.8 Å². The van der Waals surface area contributed by atoms with Crippen LogP contribution in [0.1, 0.15) is 12.0 Å². The summed E-state index contributed by atoms with van der Waals surface area (Å²) < 4.78 is 2.96. The topological polar surface area (TPSA) is 81.8 Å². The Balaban J connectivity index is 1.60. The van der Waals surface area contributed by atoms with E-state index in [0.717, 1.165) is 5.56 Å². The number of aryl methyl sites for hydroxylation is 2. The Hall–Kier alpha value is -2.67. The minimum atomic E-state index is -0.198. The average Bonchev–Trinajstić information content (AvgIpc) is 2.94. The number of halogens is 1. The Bertz CT molecular complexity index is 947. The van der Waals surface area contributed by atoms with Crippen molar-refractivity contribution in [2.24, 2.45) is 7.05 Å². The molecule has 0 unspecified atom stereocenters. The quantitative estimate of drug-likeness (QED) is 0.759. The van der Waals surface area contributed by atoms with Gasteiger partial charge in [0.1, 0.15) is 5.39 Å². The van der Waals surface area contributed by atoms with Crippen molar-refractivity contribution in [2.75, 3.05) is 0 Å². The van der Waals surface area contributed by atoms with Crippen LogP contribution in [0, 0.1) is 0 Å². The molecular weight excluding hydrogens is 330 g/mol. The van der Waals surface area contributed by atoms with Gasteiger partial charge in [-0.1, -0.05) is 23.7 Å². The number of rotatable bonds is 5. The van der Waals surface area contributed by atoms with Crippen LogP contribution in [0.4, 0.5) is 0 Å². The summed E-state index contributed by atoms with van der Waals surface area (Å²) in [5.41, 5.74) is 1.25. The van der Waals surface area contributed by atoms with Gasteiger partial charge in [0.25, 0.3) is 5.56 Å². The number of nitrogens with zero attached hydrogens (tertiary/aromatic N) is 4. The number of carbonyl (C=O) groups is 1. The lowest BCUT2D eigenvalue weighted by atomic mass is 10.2. The molecule has 1 aromatic carbocycles. The van der Waals surface area contributed by atoms with Crippen LogP contribution in [0.15, 0.2) is 41.6 Å². The first-order valence-electron chi connectivity index (χ1n) is 7.43. The Labute approximate surface area is 142 Å². The molecule has 3 rings (SSSR count). The zero-order valence-electron chi connectivity index (χ0n) is 13.1. The van der Waals surface area contributed by atoms with Crippen molar-refractivity contribution in [3.05, 3.63) is 57.7 Å². The molecule has 124 valence electrons. The van der Waals surface area contributed by atoms with Crippen LogP contribution in [0.25, 0.3) is 11.0 Å². The Kier molecular flexibility index (Phi) is 4.61. The monoisotopic (exact) mass is 345 g/mol. The highest BCUT2D eigenvalue weighted by Gasteiger charge is 2.09. The third kappa shape index (κ3) is 3.46. The van der Waals surface area contributed by atoms with Crippen LogP contribution >= 0.6 is 11.6 Å². The third-order valence-corrected chi connectivity index (χ3v) is 3.91. The van der Waals surface area contributed by atoms with Gasteiger partial charge in [0, 0.05) is 31.6 Å². The van der Waals surface area contributed by atoms with E-state index >= 15 is 0 Å². The van der Waals surface area contributed by atoms with E-state index in [1.165, 1.54) is 17.1 Å². The number of benzene rings is 1. The molecule has 0 bridgehead atoms. The van der Waals surface area contributed by atoms with Gasteiger partial charge in [0.05, 0.1) is 12.5 Å². The molecule has 2 heterocycles. The predicted molar refractivity (Wildman–Crippen MR) is 90.7 cm³/mol. The smallest absolute Gasteiger partial charge is 0.264 e. The second-order valence-electron chi connectivity index (χ2n) is 5.41. The lowest BCUT2D eigenvalue weighted by molar-refractivity contribution is -0.121. The number of nitrogens with one attached hydrogen (secondary N) is 1. The lowest BCUT2D eigenvalue weighted by Gasteiger charge is -2.07. The molecule has 0 saturated carbocycles. The summed E-state index contributed by atoms with van der Waals surface area (Å²) in [5, 5.41) is 7.89. The maximum Gasteiger partial charge on any atom is 0.264 e. The minimum absolute atomic E-state index is 0.145. The highest BCUT2D eigenvalue weighted by atomic mass is 35.5. The standard InChI is InChI=1S/C16H16ClN5O2/c1-21-15-13(9-20-21)16(24)22(10-19-15)6-5-14(23)18-8-11-3-2-4-12(17)7-11/h2-4,7,9-10H,5-6,8H2,1H3,(H,18,23). The number of carbonyl (C=O) groups excluding carboxylic acids is 1. The molecule has 0 aliphatic rings. The molecule has 3 aromatic rings. The SMILES string of the molecule is Cn1ncc2c(=O)n(CCC(=O)NCc3cccc(Cl)c3)cnc21. The third-order valence-electron chi connectivity index (χ3n) is 3.68. The second-order valence-corrected chi connectivity index (χ2v) is 5.84. The molecule has 0 fully saturated rings. The summed E-state index contributed by atoms with van der Waals surface area (Å²) in [6.45, 7) is 0.659. The van der Waals surface area contributed by atoms with Crippen LogP contribution in [-0.4, -0.2) is 25.2 Å². The van der Waals surface area contributed by atoms with Gasteiger partial charge in [0.2, 0.25) is 5.91 Å². The second kappa shape index (κ2) is 6.84. The zero-order valence-corrected chi connectivity index (χ0v) is 13.8. The molecule has 0 aliphatic carbocycles. The fourth-order valence-corrected chi connectivity index (χ4v) is 2.60. The van der Waals surface area contributed by atoms with Gasteiger partial charge in [-0.05, 0) is 17.7 Å². The average molecular weight is 346 g/mol. The summed E-state index contributed by atoms with van der Waals surface area (Å²) in [4.78, 5) is 28.5. The summed E-state index contributed by atoms with van der Waals surface area (Å²) in [6.07, 6.45) is 3.12. The number of amides is 1. The van der Waals surface area contributed by atoms with Crippen molar-refractivity contribution >= 4 is 28.5 Å². The van der Waals surface area contributed by atoms with Gasteiger partial charge in [0.15, 0.2) is 5.65 Å². The van der Waals surface area contributed by atoms with Crippen molar-refractivity contribution in [1.82, 2.24) is 24.6 Å². The normalized spacial score (nSPS) is 10.9. The Morgan fingerprint density at radius 3 is 3.00 bits per heavy atom. The summed E-state index contributed by atoms with van der Waals surface area (Å²) >= 11 is 5.90. The fraction of sp³-hybridized carbons (Fsp3) is 0.250. The van der Waals surface area contributed by atoms with Crippen molar-refractivity contribution < 1.29 is 4.79 Å². The van der Waals surface area contributed by atoms with Crippen LogP contribution in [0.3, 0.4) is 0 Å². The summed E-state index contributed by atoms with van der Waals surface area (Å²) in [6, 6.07) is 7.29. The summed E-state index contributed by atoms with van der Waals surface area (Å²) in [7, 11) is 1.72. The maximum atomic E-state index is 12.3. The molecule has 1 N–H and O–H groups in total. The van der Waals surface area contributed by atoms with Crippen LogP contribution in [0.2, 0.25) is 5.02 Å². The van der Waals surface area contributed by atoms with Gasteiger partial charge in [-0.15, -0.1) is 0 Å². The van der Waals surface area contributed by atoms with E-state index < -0.39 is 0 Å². The summed E-state index contributed by atoms with van der Waals surface area (Å²) in [5.74, 6) is -0.145. The lowest BCUT2D eigenvalue weighted by Crippen LogP contribution is -2.27. The van der Waals surface area contributed by atoms with Crippen molar-refractivity contribution in [1.29, 1.82) is 0 Å². The minimum Gasteiger partial charge on any atom is -0.352 e. The van der Waals surface area contributed by atoms with Gasteiger partial charge >= 0.3 is 0 Å².